The van der Waals surface area contributed by atoms with Crippen molar-refractivity contribution in [3.05, 3.63) is 286 Å². The monoisotopic (exact) mass is 1700 g/mol. The van der Waals surface area contributed by atoms with Crippen LogP contribution in [0.1, 0.15) is 285 Å². The molecule has 15 aromatic rings. The van der Waals surface area contributed by atoms with Gasteiger partial charge in [0.15, 0.2) is 0 Å². The van der Waals surface area contributed by atoms with Crippen LogP contribution in [0.3, 0.4) is 0 Å². The molecule has 6 nitrogen and oxygen atoms in total. The second kappa shape index (κ2) is 27.4. The summed E-state index contributed by atoms with van der Waals surface area (Å²) in [5.74, 6) is 0. The Kier molecular flexibility index (Phi) is 17.6. The lowest BCUT2D eigenvalue weighted by molar-refractivity contribution is 0.195. The van der Waals surface area contributed by atoms with E-state index in [1.54, 1.807) is 5.56 Å². The van der Waals surface area contributed by atoms with E-state index in [0.717, 1.165) is 37.1 Å². The highest BCUT2D eigenvalue weighted by Gasteiger charge is 2.64. The van der Waals surface area contributed by atoms with Crippen molar-refractivity contribution in [2.24, 2.45) is 0 Å². The number of fused-ring (bicyclic) bond motifs is 22. The minimum absolute atomic E-state index is 0.00146. The highest BCUT2D eigenvalue weighted by Crippen LogP contribution is 2.65. The molecule has 2 saturated carbocycles. The number of para-hydroxylation sites is 1. The molecule has 6 aliphatic heterocycles. The Morgan fingerprint density at radius 3 is 1.17 bits per heavy atom. The number of aryl methyl sites for hydroxylation is 1. The molecule has 2 aliphatic carbocycles. The molecule has 0 saturated heterocycles. The standard InChI is InChI=1S/C122H132B2N6/c1-73-74(2)125-100-69-86(126(82-49-41-75(42-50-82)112(3,4)5)83-51-43-76(44-52-83)113(6,7)8)71-102-105(100)124(99-67-80(116(15,16)17)65-95-111(99)130(102)122(25)60-33-31-58-120(95,122)23)98-68-81(64-92(73)107(98)125)118(20,21)62-61-117(18,19)78-47-55-85(56-48-78)127(84-53-45-77(46-54-84)114(9,10)11)87-70-101-106-103(72-87)129-110-94(119(22)57-30-32-59-121(119,129)24)39-34-40-96(110)123(106)97-66-79(115(12,13)14)63-93-104-90-37-28-26-35-88(90)89-36-27-29-38-91(89)109(104)128(101)108(93)97/h26-29,34-56,63-72H,30-33,57-62H2,1-25H3. The van der Waals surface area contributed by atoms with Gasteiger partial charge in [0.25, 0.3) is 13.4 Å². The average Bonchev–Trinajstić information content (AvgIpc) is 1.49. The molecule has 8 heteroatoms. The van der Waals surface area contributed by atoms with Gasteiger partial charge in [-0.25, -0.2) is 0 Å². The van der Waals surface area contributed by atoms with Crippen molar-refractivity contribution in [3.8, 4) is 11.4 Å². The molecular weight excluding hydrogens is 1570 g/mol. The van der Waals surface area contributed by atoms with Gasteiger partial charge in [-0.3, -0.25) is 0 Å². The number of hydrogen-bond donors (Lipinski definition) is 0. The Hall–Kier alpha value is -11.0. The van der Waals surface area contributed by atoms with Gasteiger partial charge < -0.3 is 28.7 Å². The third-order valence-electron chi connectivity index (χ3n) is 35.1. The number of benzene rings is 13. The number of hydrogen-bond acceptors (Lipinski definition) is 4. The lowest BCUT2D eigenvalue weighted by atomic mass is 9.33. The largest absolute Gasteiger partial charge is 0.335 e. The van der Waals surface area contributed by atoms with E-state index >= 15 is 0 Å². The van der Waals surface area contributed by atoms with Gasteiger partial charge in [0.05, 0.1) is 28.0 Å². The van der Waals surface area contributed by atoms with E-state index in [4.69, 9.17) is 0 Å². The van der Waals surface area contributed by atoms with E-state index in [-0.39, 0.29) is 73.2 Å². The zero-order valence-corrected chi connectivity index (χ0v) is 82.3. The van der Waals surface area contributed by atoms with E-state index in [9.17, 15) is 0 Å². The maximum atomic E-state index is 2.96. The summed E-state index contributed by atoms with van der Waals surface area (Å²) in [7, 11) is 0. The van der Waals surface area contributed by atoms with Crippen LogP contribution in [-0.4, -0.2) is 33.6 Å². The van der Waals surface area contributed by atoms with Crippen LogP contribution < -0.4 is 52.4 Å². The fraction of sp³-hybridized carbons (Fsp3) is 0.377. The molecule has 2 fully saturated rings. The van der Waals surface area contributed by atoms with Crippen LogP contribution in [-0.2, 0) is 48.7 Å². The van der Waals surface area contributed by atoms with Gasteiger partial charge in [0.2, 0.25) is 0 Å². The van der Waals surface area contributed by atoms with Gasteiger partial charge in [-0.05, 0) is 294 Å². The first-order chi connectivity index (χ1) is 61.4. The normalized spacial score (nSPS) is 20.1. The molecule has 8 heterocycles. The van der Waals surface area contributed by atoms with Gasteiger partial charge in [0.1, 0.15) is 0 Å². The summed E-state index contributed by atoms with van der Waals surface area (Å²) in [6.07, 6.45) is 11.5. The smallest absolute Gasteiger partial charge is 0.252 e. The first kappa shape index (κ1) is 83.4. The Morgan fingerprint density at radius 1 is 0.300 bits per heavy atom. The predicted molar refractivity (Wildman–Crippen MR) is 562 cm³/mol. The molecule has 13 aromatic carbocycles. The lowest BCUT2D eigenvalue weighted by Gasteiger charge is -2.52. The molecule has 23 rings (SSSR count). The van der Waals surface area contributed by atoms with Crippen LogP contribution in [0.15, 0.2) is 224 Å². The summed E-state index contributed by atoms with van der Waals surface area (Å²) in [5.41, 5.74) is 42.4. The topological polar surface area (TPSA) is 22.8 Å². The molecule has 0 N–H and O–H groups in total. The molecule has 0 bridgehead atoms. The van der Waals surface area contributed by atoms with Crippen LogP contribution in [0.4, 0.5) is 56.9 Å². The molecule has 0 radical (unpaired) electrons. The van der Waals surface area contributed by atoms with Gasteiger partial charge >= 0.3 is 0 Å². The van der Waals surface area contributed by atoms with Crippen molar-refractivity contribution in [2.75, 3.05) is 19.6 Å². The Morgan fingerprint density at radius 2 is 0.677 bits per heavy atom. The Balaban J connectivity index is 0.670. The van der Waals surface area contributed by atoms with Crippen LogP contribution in [0.25, 0.3) is 65.6 Å². The fourth-order valence-electron chi connectivity index (χ4n) is 26.6. The average molecular weight is 1700 g/mol. The summed E-state index contributed by atoms with van der Waals surface area (Å²) in [5, 5.41) is 9.29. The summed E-state index contributed by atoms with van der Waals surface area (Å²) in [6, 6.07) is 91.3. The molecule has 656 valence electrons. The highest BCUT2D eigenvalue weighted by molar-refractivity contribution is 7.01. The number of nitrogens with zero attached hydrogens (tertiary/aromatic N) is 6. The van der Waals surface area contributed by atoms with Gasteiger partial charge in [0, 0.05) is 106 Å². The van der Waals surface area contributed by atoms with E-state index in [0.29, 0.717) is 0 Å². The number of aromatic nitrogens is 2. The van der Waals surface area contributed by atoms with E-state index in [1.807, 2.05) is 0 Å². The molecule has 8 aliphatic rings. The first-order valence-electron chi connectivity index (χ1n) is 49.3. The summed E-state index contributed by atoms with van der Waals surface area (Å²) >= 11 is 0. The van der Waals surface area contributed by atoms with Crippen LogP contribution in [0.2, 0.25) is 0 Å². The minimum atomic E-state index is -0.204. The quantitative estimate of drug-likeness (QED) is 0.0951. The number of rotatable bonds is 11. The first-order valence-corrected chi connectivity index (χ1v) is 49.3. The fourth-order valence-corrected chi connectivity index (χ4v) is 26.6. The minimum Gasteiger partial charge on any atom is -0.335 e. The zero-order chi connectivity index (χ0) is 90.9. The van der Waals surface area contributed by atoms with E-state index in [2.05, 4.69) is 426 Å². The van der Waals surface area contributed by atoms with Gasteiger partial charge in [-0.15, -0.1) is 0 Å². The molecule has 0 spiro atoms. The molecule has 4 unspecified atom stereocenters. The maximum Gasteiger partial charge on any atom is 0.252 e. The third-order valence-corrected chi connectivity index (χ3v) is 35.1. The van der Waals surface area contributed by atoms with Crippen molar-refractivity contribution < 1.29 is 0 Å². The van der Waals surface area contributed by atoms with Crippen molar-refractivity contribution in [1.82, 2.24) is 9.13 Å². The summed E-state index contributed by atoms with van der Waals surface area (Å²) < 4.78 is 5.53. The Bertz CT molecular complexity index is 7300. The second-order valence-corrected chi connectivity index (χ2v) is 48.7. The third kappa shape index (κ3) is 11.5. The van der Waals surface area contributed by atoms with Crippen molar-refractivity contribution in [3.63, 3.8) is 0 Å². The van der Waals surface area contributed by atoms with Crippen molar-refractivity contribution >= 4 is 157 Å². The molecule has 0 amide bonds. The van der Waals surface area contributed by atoms with Gasteiger partial charge in [-0.2, -0.15) is 0 Å². The van der Waals surface area contributed by atoms with E-state index in [1.165, 1.54) is 238 Å². The van der Waals surface area contributed by atoms with Gasteiger partial charge in [-0.1, -0.05) is 311 Å². The molecular formula is C122H132B2N6. The van der Waals surface area contributed by atoms with Crippen molar-refractivity contribution in [2.45, 2.75) is 297 Å². The predicted octanol–water partition coefficient (Wildman–Crippen LogP) is 28.9. The lowest BCUT2D eigenvalue weighted by Crippen LogP contribution is -2.64. The Labute approximate surface area is 775 Å². The number of anilines is 10. The molecule has 130 heavy (non-hydrogen) atoms. The van der Waals surface area contributed by atoms with Crippen LogP contribution in [0, 0.1) is 13.8 Å². The SMILES string of the molecule is Cc1c(C)n2c3c(cc(C(C)(C)CCC(C)(C)c4ccc(N(c5ccc(C(C)(C)C)cc5)c5cc6c7c(c5)-n5c8c(cc(C(C)(C)C)cc8c8c9ccccc9c9ccccc9c85)B7c5cccc7c5N6C5(C)CCCCC75C)cc4)cc13)B1c3cc(C(C)(C)C)cc4c3N(c3cc(N(c5ccc(C(C)(C)C)cc5)c5ccc(C(C)(C)C)cc5)cc-2c31)C1(C)CCCCC41C. The van der Waals surface area contributed by atoms with Crippen LogP contribution >= 0.6 is 0 Å². The maximum absolute atomic E-state index is 2.96. The molecule has 4 atom stereocenters. The summed E-state index contributed by atoms with van der Waals surface area (Å²) in [4.78, 5) is 11.1. The zero-order valence-electron chi connectivity index (χ0n) is 82.3. The van der Waals surface area contributed by atoms with E-state index < -0.39 is 0 Å². The molecule has 2 aromatic heterocycles. The second-order valence-electron chi connectivity index (χ2n) is 48.7. The summed E-state index contributed by atoms with van der Waals surface area (Å²) in [6.45, 7) is 61.3. The van der Waals surface area contributed by atoms with Crippen molar-refractivity contribution in [1.29, 1.82) is 0 Å². The van der Waals surface area contributed by atoms with Crippen LogP contribution in [0.5, 0.6) is 0 Å². The highest BCUT2D eigenvalue weighted by atomic mass is 15.3.